The first kappa shape index (κ1) is 14.0. The molecule has 0 bridgehead atoms. The highest BCUT2D eigenvalue weighted by molar-refractivity contribution is 5.75. The van der Waals surface area contributed by atoms with Crippen LogP contribution in [0.4, 0.5) is 5.69 Å². The van der Waals surface area contributed by atoms with Crippen LogP contribution in [0.1, 0.15) is 12.7 Å². The number of carbonyl (C=O) groups excluding carboxylic acids is 1. The van der Waals surface area contributed by atoms with E-state index in [0.29, 0.717) is 5.75 Å². The van der Waals surface area contributed by atoms with Gasteiger partial charge in [-0.2, -0.15) is 0 Å². The Labute approximate surface area is 117 Å². The average Bonchev–Trinajstić information content (AvgIpc) is 2.90. The normalized spacial score (nSPS) is 11.8. The van der Waals surface area contributed by atoms with E-state index in [0.717, 1.165) is 17.9 Å². The number of hydrogen-bond donors (Lipinski definition) is 2. The van der Waals surface area contributed by atoms with Crippen molar-refractivity contribution in [3.05, 3.63) is 48.4 Å². The number of primary amides is 1. The van der Waals surface area contributed by atoms with Gasteiger partial charge < -0.3 is 20.2 Å². The number of nitrogens with one attached hydrogen (secondary N) is 1. The van der Waals surface area contributed by atoms with E-state index >= 15 is 0 Å². The Hall–Kier alpha value is -2.43. The standard InChI is InChI=1S/C15H18N2O3/c1-11(9-14-3-2-8-19-14)17-12-4-6-13(7-5-12)20-10-15(16)18/h2-8,11,17H,9-10H2,1H3,(H2,16,18). The summed E-state index contributed by atoms with van der Waals surface area (Å²) in [5.74, 6) is 1.08. The van der Waals surface area contributed by atoms with Crippen molar-refractivity contribution in [1.82, 2.24) is 0 Å². The number of rotatable bonds is 7. The van der Waals surface area contributed by atoms with E-state index in [1.54, 1.807) is 18.4 Å². The number of amides is 1. The highest BCUT2D eigenvalue weighted by atomic mass is 16.5. The second-order valence-corrected chi connectivity index (χ2v) is 4.61. The predicted molar refractivity (Wildman–Crippen MR) is 76.6 cm³/mol. The van der Waals surface area contributed by atoms with Crippen molar-refractivity contribution in [2.24, 2.45) is 5.73 Å². The Morgan fingerprint density at radius 3 is 2.70 bits per heavy atom. The SMILES string of the molecule is CC(Cc1ccco1)Nc1ccc(OCC(N)=O)cc1. The summed E-state index contributed by atoms with van der Waals surface area (Å²) in [6.07, 6.45) is 2.49. The fraction of sp³-hybridized carbons (Fsp3) is 0.267. The molecule has 1 heterocycles. The van der Waals surface area contributed by atoms with Crippen molar-refractivity contribution in [1.29, 1.82) is 0 Å². The van der Waals surface area contributed by atoms with Crippen LogP contribution >= 0.6 is 0 Å². The molecule has 0 saturated heterocycles. The molecule has 5 heteroatoms. The second-order valence-electron chi connectivity index (χ2n) is 4.61. The Balaban J connectivity index is 1.85. The molecule has 1 unspecified atom stereocenters. The quantitative estimate of drug-likeness (QED) is 0.811. The second kappa shape index (κ2) is 6.65. The molecule has 2 rings (SSSR count). The van der Waals surface area contributed by atoms with Gasteiger partial charge in [0.2, 0.25) is 0 Å². The smallest absolute Gasteiger partial charge is 0.255 e. The zero-order chi connectivity index (χ0) is 14.4. The molecule has 0 fully saturated rings. The fourth-order valence-corrected chi connectivity index (χ4v) is 1.87. The minimum Gasteiger partial charge on any atom is -0.484 e. The first-order valence-electron chi connectivity index (χ1n) is 6.43. The number of benzene rings is 1. The number of ether oxygens (including phenoxy) is 1. The van der Waals surface area contributed by atoms with Gasteiger partial charge in [-0.3, -0.25) is 4.79 Å². The zero-order valence-electron chi connectivity index (χ0n) is 11.3. The molecule has 0 spiro atoms. The van der Waals surface area contributed by atoms with Gasteiger partial charge >= 0.3 is 0 Å². The zero-order valence-corrected chi connectivity index (χ0v) is 11.3. The molecule has 2 aromatic rings. The minimum atomic E-state index is -0.487. The summed E-state index contributed by atoms with van der Waals surface area (Å²) < 4.78 is 10.5. The lowest BCUT2D eigenvalue weighted by molar-refractivity contribution is -0.119. The molecule has 20 heavy (non-hydrogen) atoms. The Kier molecular flexibility index (Phi) is 4.65. The maximum Gasteiger partial charge on any atom is 0.255 e. The first-order valence-corrected chi connectivity index (χ1v) is 6.43. The van der Waals surface area contributed by atoms with Gasteiger partial charge in [-0.15, -0.1) is 0 Å². The van der Waals surface area contributed by atoms with Crippen molar-refractivity contribution < 1.29 is 13.9 Å². The van der Waals surface area contributed by atoms with Crippen LogP contribution in [-0.4, -0.2) is 18.6 Å². The van der Waals surface area contributed by atoms with Gasteiger partial charge in [0.25, 0.3) is 5.91 Å². The predicted octanol–water partition coefficient (Wildman–Crippen LogP) is 2.19. The van der Waals surface area contributed by atoms with Gasteiger partial charge in [-0.25, -0.2) is 0 Å². The summed E-state index contributed by atoms with van der Waals surface area (Å²) in [5, 5.41) is 3.37. The van der Waals surface area contributed by atoms with Crippen LogP contribution in [0.2, 0.25) is 0 Å². The van der Waals surface area contributed by atoms with Crippen LogP contribution in [0.25, 0.3) is 0 Å². The lowest BCUT2D eigenvalue weighted by Gasteiger charge is -2.14. The number of nitrogens with two attached hydrogens (primary N) is 1. The molecule has 1 aromatic carbocycles. The number of anilines is 1. The van der Waals surface area contributed by atoms with Crippen LogP contribution in [0, 0.1) is 0 Å². The monoisotopic (exact) mass is 274 g/mol. The number of furan rings is 1. The van der Waals surface area contributed by atoms with Gasteiger partial charge in [0.05, 0.1) is 6.26 Å². The van der Waals surface area contributed by atoms with Gasteiger partial charge in [-0.05, 0) is 43.3 Å². The van der Waals surface area contributed by atoms with Crippen LogP contribution in [0.5, 0.6) is 5.75 Å². The van der Waals surface area contributed by atoms with Crippen molar-refractivity contribution >= 4 is 11.6 Å². The molecule has 1 atom stereocenters. The van der Waals surface area contributed by atoms with Gasteiger partial charge in [0, 0.05) is 18.2 Å². The molecule has 0 aliphatic heterocycles. The van der Waals surface area contributed by atoms with Crippen LogP contribution in [0.15, 0.2) is 47.1 Å². The van der Waals surface area contributed by atoms with E-state index in [4.69, 9.17) is 14.9 Å². The van der Waals surface area contributed by atoms with Gasteiger partial charge in [0.1, 0.15) is 11.5 Å². The molecular weight excluding hydrogens is 256 g/mol. The highest BCUT2D eigenvalue weighted by Crippen LogP contribution is 2.17. The molecule has 0 radical (unpaired) electrons. The number of hydrogen-bond acceptors (Lipinski definition) is 4. The van der Waals surface area contributed by atoms with E-state index < -0.39 is 5.91 Å². The topological polar surface area (TPSA) is 77.5 Å². The molecular formula is C15H18N2O3. The first-order chi connectivity index (χ1) is 9.63. The Morgan fingerprint density at radius 1 is 1.35 bits per heavy atom. The summed E-state index contributed by atoms with van der Waals surface area (Å²) >= 11 is 0. The van der Waals surface area contributed by atoms with Crippen molar-refractivity contribution in [2.75, 3.05) is 11.9 Å². The molecule has 0 aliphatic rings. The summed E-state index contributed by atoms with van der Waals surface area (Å²) in [4.78, 5) is 10.6. The van der Waals surface area contributed by atoms with E-state index in [1.165, 1.54) is 0 Å². The van der Waals surface area contributed by atoms with E-state index in [2.05, 4.69) is 12.2 Å². The maximum atomic E-state index is 10.6. The Morgan fingerprint density at radius 2 is 2.10 bits per heavy atom. The molecule has 0 saturated carbocycles. The van der Waals surface area contributed by atoms with Crippen LogP contribution in [-0.2, 0) is 11.2 Å². The largest absolute Gasteiger partial charge is 0.484 e. The minimum absolute atomic E-state index is 0.109. The third kappa shape index (κ3) is 4.35. The van der Waals surface area contributed by atoms with Gasteiger partial charge in [0.15, 0.2) is 6.61 Å². The highest BCUT2D eigenvalue weighted by Gasteiger charge is 2.06. The summed E-state index contributed by atoms with van der Waals surface area (Å²) in [6, 6.07) is 11.5. The summed E-state index contributed by atoms with van der Waals surface area (Å²) in [6.45, 7) is 1.97. The molecule has 0 aliphatic carbocycles. The third-order valence-corrected chi connectivity index (χ3v) is 2.74. The van der Waals surface area contributed by atoms with Gasteiger partial charge in [-0.1, -0.05) is 0 Å². The third-order valence-electron chi connectivity index (χ3n) is 2.74. The maximum absolute atomic E-state index is 10.6. The molecule has 1 aromatic heterocycles. The van der Waals surface area contributed by atoms with E-state index in [-0.39, 0.29) is 12.6 Å². The average molecular weight is 274 g/mol. The van der Waals surface area contributed by atoms with Crippen LogP contribution in [0.3, 0.4) is 0 Å². The van der Waals surface area contributed by atoms with E-state index in [1.807, 2.05) is 24.3 Å². The van der Waals surface area contributed by atoms with Crippen molar-refractivity contribution in [3.63, 3.8) is 0 Å². The fourth-order valence-electron chi connectivity index (χ4n) is 1.87. The number of carbonyl (C=O) groups is 1. The van der Waals surface area contributed by atoms with Crippen LogP contribution < -0.4 is 15.8 Å². The molecule has 5 nitrogen and oxygen atoms in total. The summed E-state index contributed by atoms with van der Waals surface area (Å²) in [7, 11) is 0. The summed E-state index contributed by atoms with van der Waals surface area (Å²) in [5.41, 5.74) is 6.00. The van der Waals surface area contributed by atoms with Crippen molar-refractivity contribution in [3.8, 4) is 5.75 Å². The lowest BCUT2D eigenvalue weighted by Crippen LogP contribution is -2.20. The van der Waals surface area contributed by atoms with Crippen molar-refractivity contribution in [2.45, 2.75) is 19.4 Å². The Bertz CT molecular complexity index is 535. The molecule has 106 valence electrons. The lowest BCUT2D eigenvalue weighted by atomic mass is 10.2. The molecule has 3 N–H and O–H groups in total. The molecule has 1 amide bonds. The van der Waals surface area contributed by atoms with E-state index in [9.17, 15) is 4.79 Å².